The number of carbonyl (C=O) groups excluding carboxylic acids is 2. The molecule has 1 amide bonds. The summed E-state index contributed by atoms with van der Waals surface area (Å²) in [7, 11) is 0. The van der Waals surface area contributed by atoms with Gasteiger partial charge in [-0.25, -0.2) is 4.98 Å². The molecular formula is C23H20BrN3O4. The van der Waals surface area contributed by atoms with E-state index in [2.05, 4.69) is 31.5 Å². The van der Waals surface area contributed by atoms with E-state index in [0.717, 1.165) is 34.3 Å². The maximum absolute atomic E-state index is 13.4. The van der Waals surface area contributed by atoms with Crippen molar-refractivity contribution in [3.8, 4) is 11.5 Å². The van der Waals surface area contributed by atoms with Crippen LogP contribution in [0.1, 0.15) is 37.7 Å². The van der Waals surface area contributed by atoms with Crippen LogP contribution in [-0.2, 0) is 9.59 Å². The van der Waals surface area contributed by atoms with E-state index in [-0.39, 0.29) is 18.5 Å². The number of nitrogens with zero attached hydrogens (tertiary/aromatic N) is 1. The van der Waals surface area contributed by atoms with Crippen molar-refractivity contribution in [2.45, 2.75) is 32.1 Å². The standard InChI is InChI=1S/C23H20BrN3O4/c1-12-20(23(29)27-19-8-6-14(24)10-25-19)21(22-15(26-12)3-2-4-16(22)28)13-5-7-17-18(9-13)31-11-30-17/h5-10,21,26H,2-4,11H2,1H3,(H,25,27,29). The fraction of sp³-hybridized carbons (Fsp3) is 0.261. The van der Waals surface area contributed by atoms with Crippen LogP contribution in [0.5, 0.6) is 11.5 Å². The molecule has 2 N–H and O–H groups in total. The number of dihydropyridines is 1. The number of ketones is 1. The van der Waals surface area contributed by atoms with Crippen molar-refractivity contribution >= 4 is 33.4 Å². The van der Waals surface area contributed by atoms with E-state index in [1.165, 1.54) is 0 Å². The maximum atomic E-state index is 13.4. The van der Waals surface area contributed by atoms with Crippen molar-refractivity contribution in [2.75, 3.05) is 12.1 Å². The van der Waals surface area contributed by atoms with Crippen molar-refractivity contribution in [1.82, 2.24) is 10.3 Å². The topological polar surface area (TPSA) is 89.6 Å². The largest absolute Gasteiger partial charge is 0.454 e. The SMILES string of the molecule is CC1=C(C(=O)Nc2ccc(Br)cn2)C(c2ccc3c(c2)OCO3)C2=C(CCCC2=O)N1. The van der Waals surface area contributed by atoms with E-state index in [1.807, 2.05) is 31.2 Å². The number of aromatic nitrogens is 1. The van der Waals surface area contributed by atoms with E-state index in [1.54, 1.807) is 12.3 Å². The number of hydrogen-bond acceptors (Lipinski definition) is 6. The zero-order valence-corrected chi connectivity index (χ0v) is 18.4. The molecule has 158 valence electrons. The third kappa shape index (κ3) is 3.61. The van der Waals surface area contributed by atoms with Crippen molar-refractivity contribution in [1.29, 1.82) is 0 Å². The lowest BCUT2D eigenvalue weighted by Gasteiger charge is -2.34. The Hall–Kier alpha value is -3.13. The minimum Gasteiger partial charge on any atom is -0.454 e. The molecule has 2 aromatic rings. The van der Waals surface area contributed by atoms with E-state index in [9.17, 15) is 9.59 Å². The van der Waals surface area contributed by atoms with Gasteiger partial charge in [0.05, 0.1) is 0 Å². The number of halogens is 1. The number of ether oxygens (including phenoxy) is 2. The summed E-state index contributed by atoms with van der Waals surface area (Å²) in [4.78, 5) is 30.6. The molecule has 0 saturated carbocycles. The summed E-state index contributed by atoms with van der Waals surface area (Å²) in [6.45, 7) is 2.03. The number of rotatable bonds is 3. The van der Waals surface area contributed by atoms with Gasteiger partial charge in [0.25, 0.3) is 5.91 Å². The first kappa shape index (κ1) is 19.8. The van der Waals surface area contributed by atoms with Crippen LogP contribution < -0.4 is 20.1 Å². The van der Waals surface area contributed by atoms with E-state index in [0.29, 0.717) is 34.9 Å². The van der Waals surface area contributed by atoms with Gasteiger partial charge in [0, 0.05) is 45.5 Å². The number of hydrogen-bond donors (Lipinski definition) is 2. The Morgan fingerprint density at radius 2 is 2.03 bits per heavy atom. The molecule has 0 radical (unpaired) electrons. The summed E-state index contributed by atoms with van der Waals surface area (Å²) < 4.78 is 11.8. The highest BCUT2D eigenvalue weighted by molar-refractivity contribution is 9.10. The first-order valence-electron chi connectivity index (χ1n) is 10.1. The van der Waals surface area contributed by atoms with Gasteiger partial charge in [0.2, 0.25) is 6.79 Å². The summed E-state index contributed by atoms with van der Waals surface area (Å²) in [5.41, 5.74) is 3.60. The minimum atomic E-state index is -0.492. The van der Waals surface area contributed by atoms with Crippen LogP contribution in [0.3, 0.4) is 0 Å². The van der Waals surface area contributed by atoms with Crippen LogP contribution in [0.15, 0.2) is 63.5 Å². The summed E-state index contributed by atoms with van der Waals surface area (Å²) in [6, 6.07) is 9.12. The fourth-order valence-electron chi connectivity index (χ4n) is 4.34. The molecule has 31 heavy (non-hydrogen) atoms. The quantitative estimate of drug-likeness (QED) is 0.683. The molecule has 7 nitrogen and oxygen atoms in total. The van der Waals surface area contributed by atoms with Crippen molar-refractivity contribution in [3.63, 3.8) is 0 Å². The number of pyridine rings is 1. The van der Waals surface area contributed by atoms with Crippen molar-refractivity contribution in [2.24, 2.45) is 0 Å². The van der Waals surface area contributed by atoms with Gasteiger partial charge in [0.1, 0.15) is 5.82 Å². The number of allylic oxidation sites excluding steroid dienone is 3. The Morgan fingerprint density at radius 1 is 1.19 bits per heavy atom. The van der Waals surface area contributed by atoms with Crippen LogP contribution >= 0.6 is 15.9 Å². The Labute approximate surface area is 187 Å². The molecule has 1 aromatic carbocycles. The Balaban J connectivity index is 1.58. The van der Waals surface area contributed by atoms with E-state index in [4.69, 9.17) is 9.47 Å². The van der Waals surface area contributed by atoms with Gasteiger partial charge in [0.15, 0.2) is 17.3 Å². The Kier molecular flexibility index (Phi) is 5.02. The third-order valence-corrected chi connectivity index (χ3v) is 6.19. The second-order valence-electron chi connectivity index (χ2n) is 7.69. The molecule has 3 aliphatic rings. The van der Waals surface area contributed by atoms with Gasteiger partial charge in [-0.1, -0.05) is 6.07 Å². The zero-order valence-electron chi connectivity index (χ0n) is 16.8. The molecule has 2 aliphatic heterocycles. The smallest absolute Gasteiger partial charge is 0.255 e. The average molecular weight is 482 g/mol. The molecule has 5 rings (SSSR count). The lowest BCUT2D eigenvalue weighted by molar-refractivity contribution is -0.116. The lowest BCUT2D eigenvalue weighted by Crippen LogP contribution is -2.35. The third-order valence-electron chi connectivity index (χ3n) is 5.72. The highest BCUT2D eigenvalue weighted by Crippen LogP contribution is 2.45. The molecule has 3 heterocycles. The lowest BCUT2D eigenvalue weighted by atomic mass is 9.75. The monoisotopic (exact) mass is 481 g/mol. The molecule has 0 fully saturated rings. The van der Waals surface area contributed by atoms with Gasteiger partial charge >= 0.3 is 0 Å². The van der Waals surface area contributed by atoms with Crippen LogP contribution in [0.4, 0.5) is 5.82 Å². The normalized spacial score (nSPS) is 19.8. The molecule has 0 bridgehead atoms. The molecule has 0 saturated heterocycles. The average Bonchev–Trinajstić information content (AvgIpc) is 3.22. The second-order valence-corrected chi connectivity index (χ2v) is 8.61. The number of nitrogens with one attached hydrogen (secondary N) is 2. The van der Waals surface area contributed by atoms with Gasteiger partial charge < -0.3 is 20.1 Å². The number of Topliss-reactive ketones (excluding diaryl/α,β-unsaturated/α-hetero) is 1. The highest BCUT2D eigenvalue weighted by Gasteiger charge is 2.39. The van der Waals surface area contributed by atoms with Gasteiger partial charge in [-0.15, -0.1) is 0 Å². The van der Waals surface area contributed by atoms with Crippen LogP contribution in [0.2, 0.25) is 0 Å². The maximum Gasteiger partial charge on any atom is 0.255 e. The number of fused-ring (bicyclic) bond motifs is 1. The highest BCUT2D eigenvalue weighted by atomic mass is 79.9. The first-order valence-corrected chi connectivity index (χ1v) is 10.9. The minimum absolute atomic E-state index is 0.0657. The summed E-state index contributed by atoms with van der Waals surface area (Å²) in [6.07, 6.45) is 3.68. The number of anilines is 1. The van der Waals surface area contributed by atoms with E-state index >= 15 is 0 Å². The van der Waals surface area contributed by atoms with Crippen LogP contribution in [0.25, 0.3) is 0 Å². The van der Waals surface area contributed by atoms with Crippen LogP contribution in [-0.4, -0.2) is 23.5 Å². The molecule has 1 aromatic heterocycles. The summed E-state index contributed by atoms with van der Waals surface area (Å²) >= 11 is 3.35. The number of carbonyl (C=O) groups is 2. The van der Waals surface area contributed by atoms with E-state index < -0.39 is 5.92 Å². The number of benzene rings is 1. The predicted molar refractivity (Wildman–Crippen MR) is 118 cm³/mol. The molecule has 8 heteroatoms. The molecule has 1 aliphatic carbocycles. The second kappa shape index (κ2) is 7.85. The molecule has 1 unspecified atom stereocenters. The Bertz CT molecular complexity index is 1150. The molecule has 0 spiro atoms. The summed E-state index contributed by atoms with van der Waals surface area (Å²) in [5, 5.41) is 6.19. The predicted octanol–water partition coefficient (Wildman–Crippen LogP) is 4.18. The molecular weight excluding hydrogens is 462 g/mol. The molecule has 1 atom stereocenters. The van der Waals surface area contributed by atoms with Crippen molar-refractivity contribution in [3.05, 3.63) is 69.1 Å². The zero-order chi connectivity index (χ0) is 21.5. The first-order chi connectivity index (χ1) is 15.0. The van der Waals surface area contributed by atoms with Crippen molar-refractivity contribution < 1.29 is 19.1 Å². The van der Waals surface area contributed by atoms with Gasteiger partial charge in [-0.05, 0) is 65.5 Å². The number of amides is 1. The van der Waals surface area contributed by atoms with Crippen LogP contribution in [0, 0.1) is 0 Å². The Morgan fingerprint density at radius 3 is 2.84 bits per heavy atom. The summed E-state index contributed by atoms with van der Waals surface area (Å²) in [5.74, 6) is 0.992. The fourth-order valence-corrected chi connectivity index (χ4v) is 4.58. The van der Waals surface area contributed by atoms with Gasteiger partial charge in [-0.2, -0.15) is 0 Å². The van der Waals surface area contributed by atoms with Gasteiger partial charge in [-0.3, -0.25) is 9.59 Å².